The van der Waals surface area contributed by atoms with Crippen molar-refractivity contribution < 1.29 is 4.74 Å². The number of ether oxygens (including phenoxy) is 1. The molecule has 0 radical (unpaired) electrons. The van der Waals surface area contributed by atoms with Gasteiger partial charge in [0.05, 0.1) is 6.61 Å². The maximum Gasteiger partial charge on any atom is 0.133 e. The van der Waals surface area contributed by atoms with E-state index < -0.39 is 0 Å². The van der Waals surface area contributed by atoms with Crippen LogP contribution in [0, 0.1) is 0 Å². The number of aromatic nitrogens is 2. The van der Waals surface area contributed by atoms with Crippen molar-refractivity contribution in [3.63, 3.8) is 0 Å². The molecular weight excluding hydrogens is 190 g/mol. The van der Waals surface area contributed by atoms with Crippen LogP contribution in [-0.4, -0.2) is 30.7 Å². The second-order valence-corrected chi connectivity index (χ2v) is 3.74. The molecule has 1 rings (SSSR count). The molecule has 4 heteroatoms. The first-order valence-corrected chi connectivity index (χ1v) is 5.22. The lowest BCUT2D eigenvalue weighted by Crippen LogP contribution is -2.07. The molecule has 0 aliphatic carbocycles. The normalized spacial score (nSPS) is 10.7. The summed E-state index contributed by atoms with van der Waals surface area (Å²) in [6, 6.07) is 1.99. The van der Waals surface area contributed by atoms with E-state index in [2.05, 4.69) is 29.1 Å². The van der Waals surface area contributed by atoms with Crippen LogP contribution < -0.4 is 5.32 Å². The summed E-state index contributed by atoms with van der Waals surface area (Å²) in [5.74, 6) is 2.13. The number of anilines is 1. The minimum Gasteiger partial charge on any atom is -0.384 e. The minimum atomic E-state index is 0.418. The molecule has 0 saturated heterocycles. The third-order valence-corrected chi connectivity index (χ3v) is 2.17. The molecule has 15 heavy (non-hydrogen) atoms. The zero-order valence-corrected chi connectivity index (χ0v) is 9.87. The number of rotatable bonds is 5. The highest BCUT2D eigenvalue weighted by Gasteiger charge is 2.06. The van der Waals surface area contributed by atoms with Gasteiger partial charge in [0.15, 0.2) is 0 Å². The molecule has 0 spiro atoms. The van der Waals surface area contributed by atoms with Crippen LogP contribution in [0.1, 0.15) is 31.3 Å². The Hall–Kier alpha value is -1.16. The van der Waals surface area contributed by atoms with Gasteiger partial charge in [-0.2, -0.15) is 0 Å². The average Bonchev–Trinajstić information content (AvgIpc) is 2.25. The SMILES string of the molecule is CNc1cc(C(C)C)nc(CCOC)n1. The van der Waals surface area contributed by atoms with E-state index in [1.807, 2.05) is 13.1 Å². The van der Waals surface area contributed by atoms with E-state index in [4.69, 9.17) is 4.74 Å². The van der Waals surface area contributed by atoms with Gasteiger partial charge in [-0.15, -0.1) is 0 Å². The van der Waals surface area contributed by atoms with Crippen LogP contribution in [0.15, 0.2) is 6.07 Å². The van der Waals surface area contributed by atoms with Gasteiger partial charge in [-0.1, -0.05) is 13.8 Å². The van der Waals surface area contributed by atoms with Crippen LogP contribution in [-0.2, 0) is 11.2 Å². The molecule has 84 valence electrons. The van der Waals surface area contributed by atoms with Crippen molar-refractivity contribution in [3.05, 3.63) is 17.6 Å². The lowest BCUT2D eigenvalue weighted by Gasteiger charge is -2.09. The van der Waals surface area contributed by atoms with Crippen LogP contribution in [0.4, 0.5) is 5.82 Å². The van der Waals surface area contributed by atoms with Gasteiger partial charge in [0.25, 0.3) is 0 Å². The summed E-state index contributed by atoms with van der Waals surface area (Å²) in [7, 11) is 3.55. The first-order chi connectivity index (χ1) is 7.17. The quantitative estimate of drug-likeness (QED) is 0.803. The van der Waals surface area contributed by atoms with Gasteiger partial charge in [-0.3, -0.25) is 0 Å². The van der Waals surface area contributed by atoms with Gasteiger partial charge < -0.3 is 10.1 Å². The summed E-state index contributed by atoms with van der Waals surface area (Å²) in [5, 5.41) is 3.05. The van der Waals surface area contributed by atoms with Crippen molar-refractivity contribution >= 4 is 5.82 Å². The maximum absolute atomic E-state index is 5.02. The summed E-state index contributed by atoms with van der Waals surface area (Å²) in [5.41, 5.74) is 1.07. The zero-order valence-electron chi connectivity index (χ0n) is 9.87. The molecule has 1 aromatic heterocycles. The second kappa shape index (κ2) is 5.66. The smallest absolute Gasteiger partial charge is 0.133 e. The van der Waals surface area contributed by atoms with Crippen LogP contribution in [0.25, 0.3) is 0 Å². The molecule has 1 N–H and O–H groups in total. The Balaban J connectivity index is 2.90. The van der Waals surface area contributed by atoms with Crippen LogP contribution in [0.3, 0.4) is 0 Å². The van der Waals surface area contributed by atoms with Gasteiger partial charge in [-0.05, 0) is 5.92 Å². The predicted octanol–water partition coefficient (Wildman–Crippen LogP) is 1.83. The van der Waals surface area contributed by atoms with Gasteiger partial charge in [-0.25, -0.2) is 9.97 Å². The van der Waals surface area contributed by atoms with Crippen LogP contribution in [0.5, 0.6) is 0 Å². The number of nitrogens with one attached hydrogen (secondary N) is 1. The Labute approximate surface area is 91.1 Å². The van der Waals surface area contributed by atoms with Gasteiger partial charge >= 0.3 is 0 Å². The molecule has 0 unspecified atom stereocenters. The van der Waals surface area contributed by atoms with Crippen molar-refractivity contribution in [2.75, 3.05) is 26.1 Å². The lowest BCUT2D eigenvalue weighted by molar-refractivity contribution is 0.200. The summed E-state index contributed by atoms with van der Waals surface area (Å²) >= 11 is 0. The molecule has 0 bridgehead atoms. The third kappa shape index (κ3) is 3.47. The van der Waals surface area contributed by atoms with Crippen molar-refractivity contribution in [2.45, 2.75) is 26.2 Å². The molecule has 0 atom stereocenters. The molecular formula is C11H19N3O. The number of nitrogens with zero attached hydrogens (tertiary/aromatic N) is 2. The molecule has 0 saturated carbocycles. The molecule has 4 nitrogen and oxygen atoms in total. The zero-order chi connectivity index (χ0) is 11.3. The Kier molecular flexibility index (Phi) is 4.49. The molecule has 1 aromatic rings. The summed E-state index contributed by atoms with van der Waals surface area (Å²) in [6.07, 6.45) is 0.756. The number of hydrogen-bond donors (Lipinski definition) is 1. The van der Waals surface area contributed by atoms with E-state index in [0.29, 0.717) is 12.5 Å². The van der Waals surface area contributed by atoms with Crippen LogP contribution in [0.2, 0.25) is 0 Å². The Bertz CT molecular complexity index is 313. The fourth-order valence-corrected chi connectivity index (χ4v) is 1.25. The summed E-state index contributed by atoms with van der Waals surface area (Å²) < 4.78 is 5.02. The molecule has 0 aliphatic rings. The highest BCUT2D eigenvalue weighted by atomic mass is 16.5. The lowest BCUT2D eigenvalue weighted by atomic mass is 10.1. The Morgan fingerprint density at radius 1 is 1.40 bits per heavy atom. The second-order valence-electron chi connectivity index (χ2n) is 3.74. The topological polar surface area (TPSA) is 47.0 Å². The number of methoxy groups -OCH3 is 1. The van der Waals surface area contributed by atoms with E-state index in [-0.39, 0.29) is 0 Å². The Morgan fingerprint density at radius 3 is 2.67 bits per heavy atom. The van der Waals surface area contributed by atoms with E-state index in [0.717, 1.165) is 23.8 Å². The Morgan fingerprint density at radius 2 is 2.13 bits per heavy atom. The van der Waals surface area contributed by atoms with Crippen molar-refractivity contribution in [1.29, 1.82) is 0 Å². The molecule has 0 amide bonds. The average molecular weight is 209 g/mol. The fourth-order valence-electron chi connectivity index (χ4n) is 1.25. The van der Waals surface area contributed by atoms with Gasteiger partial charge in [0.1, 0.15) is 11.6 Å². The van der Waals surface area contributed by atoms with Crippen LogP contribution >= 0.6 is 0 Å². The fraction of sp³-hybridized carbons (Fsp3) is 0.636. The maximum atomic E-state index is 5.02. The van der Waals surface area contributed by atoms with E-state index >= 15 is 0 Å². The van der Waals surface area contributed by atoms with E-state index in [1.165, 1.54) is 0 Å². The highest BCUT2D eigenvalue weighted by Crippen LogP contribution is 2.15. The predicted molar refractivity (Wildman–Crippen MR) is 61.2 cm³/mol. The first-order valence-electron chi connectivity index (χ1n) is 5.22. The largest absolute Gasteiger partial charge is 0.384 e. The summed E-state index contributed by atoms with van der Waals surface area (Å²) in [6.45, 7) is 4.91. The van der Waals surface area contributed by atoms with E-state index in [1.54, 1.807) is 7.11 Å². The summed E-state index contributed by atoms with van der Waals surface area (Å²) in [4.78, 5) is 8.86. The van der Waals surface area contributed by atoms with Gasteiger partial charge in [0.2, 0.25) is 0 Å². The molecule has 0 fully saturated rings. The molecule has 0 aromatic carbocycles. The highest BCUT2D eigenvalue weighted by molar-refractivity contribution is 5.36. The van der Waals surface area contributed by atoms with Crippen molar-refractivity contribution in [3.8, 4) is 0 Å². The van der Waals surface area contributed by atoms with Crippen molar-refractivity contribution in [2.24, 2.45) is 0 Å². The number of hydrogen-bond acceptors (Lipinski definition) is 4. The first kappa shape index (κ1) is 11.9. The van der Waals surface area contributed by atoms with E-state index in [9.17, 15) is 0 Å². The van der Waals surface area contributed by atoms with Gasteiger partial charge in [0, 0.05) is 32.3 Å². The molecule has 1 heterocycles. The third-order valence-electron chi connectivity index (χ3n) is 2.17. The molecule has 0 aliphatic heterocycles. The standard InChI is InChI=1S/C11H19N3O/c1-8(2)9-7-11(12-3)14-10(13-9)5-6-15-4/h7-8H,5-6H2,1-4H3,(H,12,13,14). The monoisotopic (exact) mass is 209 g/mol. The van der Waals surface area contributed by atoms with Crippen molar-refractivity contribution in [1.82, 2.24) is 9.97 Å². The minimum absolute atomic E-state index is 0.418.